The molecule has 1 aromatic carbocycles. The van der Waals surface area contributed by atoms with Gasteiger partial charge in [0.05, 0.1) is 0 Å². The van der Waals surface area contributed by atoms with E-state index in [1.54, 1.807) is 0 Å². The molecule has 92 valence electrons. The van der Waals surface area contributed by atoms with Crippen LogP contribution >= 0.6 is 11.3 Å². The van der Waals surface area contributed by atoms with Gasteiger partial charge in [-0.3, -0.25) is 0 Å². The molecule has 17 heavy (non-hydrogen) atoms. The average molecular weight is 248 g/mol. The smallest absolute Gasteiger partial charge is 0.0345 e. The number of rotatable bonds is 5. The zero-order chi connectivity index (χ0) is 12.3. The van der Waals surface area contributed by atoms with Crippen molar-refractivity contribution < 1.29 is 0 Å². The molecule has 0 saturated carbocycles. The van der Waals surface area contributed by atoms with Gasteiger partial charge in [-0.2, -0.15) is 0 Å². The Morgan fingerprint density at radius 2 is 2.12 bits per heavy atom. The minimum absolute atomic E-state index is 0.249. The van der Waals surface area contributed by atoms with Crippen molar-refractivity contribution in [3.63, 3.8) is 0 Å². The van der Waals surface area contributed by atoms with Gasteiger partial charge in [0, 0.05) is 23.8 Å². The number of hydrogen-bond acceptors (Lipinski definition) is 3. The molecule has 0 radical (unpaired) electrons. The first-order chi connectivity index (χ1) is 8.16. The number of nitrogens with zero attached hydrogens (tertiary/aromatic N) is 1. The van der Waals surface area contributed by atoms with Gasteiger partial charge < -0.3 is 10.6 Å². The van der Waals surface area contributed by atoms with Crippen LogP contribution in [-0.2, 0) is 6.42 Å². The van der Waals surface area contributed by atoms with E-state index in [4.69, 9.17) is 5.73 Å². The quantitative estimate of drug-likeness (QED) is 0.881. The first-order valence-corrected chi connectivity index (χ1v) is 6.94. The van der Waals surface area contributed by atoms with Crippen molar-refractivity contribution in [3.05, 3.63) is 35.2 Å². The molecule has 0 spiro atoms. The molecule has 1 aromatic heterocycles. The van der Waals surface area contributed by atoms with Gasteiger partial charge in [0.15, 0.2) is 0 Å². The Morgan fingerprint density at radius 1 is 1.35 bits per heavy atom. The molecule has 0 aliphatic heterocycles. The normalized spacial score (nSPS) is 13.4. The molecule has 2 rings (SSSR count). The van der Waals surface area contributed by atoms with Gasteiger partial charge in [-0.1, -0.05) is 18.2 Å². The van der Waals surface area contributed by atoms with E-state index in [2.05, 4.69) is 48.5 Å². The van der Waals surface area contributed by atoms with E-state index in [9.17, 15) is 0 Å². The minimum atomic E-state index is 0.249. The van der Waals surface area contributed by atoms with Crippen LogP contribution in [0, 0.1) is 0 Å². The second kappa shape index (κ2) is 5.63. The van der Waals surface area contributed by atoms with E-state index in [0.717, 1.165) is 19.5 Å². The fourth-order valence-corrected chi connectivity index (χ4v) is 3.12. The molecule has 1 heterocycles. The lowest BCUT2D eigenvalue weighted by atomic mass is 10.1. The zero-order valence-electron chi connectivity index (χ0n) is 10.5. The maximum atomic E-state index is 5.79. The lowest BCUT2D eigenvalue weighted by Crippen LogP contribution is -2.34. The van der Waals surface area contributed by atoms with Crippen molar-refractivity contribution in [3.8, 4) is 0 Å². The van der Waals surface area contributed by atoms with Gasteiger partial charge in [0.25, 0.3) is 0 Å². The molecule has 1 atom stereocenters. The highest BCUT2D eigenvalue weighted by Crippen LogP contribution is 2.25. The highest BCUT2D eigenvalue weighted by molar-refractivity contribution is 7.17. The summed E-state index contributed by atoms with van der Waals surface area (Å²) in [6.45, 7) is 4.08. The minimum Gasteiger partial charge on any atom is -0.327 e. The predicted molar refractivity (Wildman–Crippen MR) is 76.7 cm³/mol. The van der Waals surface area contributed by atoms with Crippen LogP contribution in [0.4, 0.5) is 0 Å². The maximum Gasteiger partial charge on any atom is 0.0345 e. The van der Waals surface area contributed by atoms with Crippen LogP contribution in [-0.4, -0.2) is 31.1 Å². The molecular weight excluding hydrogens is 228 g/mol. The van der Waals surface area contributed by atoms with Crippen molar-refractivity contribution in [1.29, 1.82) is 0 Å². The Balaban J connectivity index is 1.99. The third-order valence-electron chi connectivity index (χ3n) is 2.92. The van der Waals surface area contributed by atoms with E-state index in [1.165, 1.54) is 15.6 Å². The summed E-state index contributed by atoms with van der Waals surface area (Å²) in [7, 11) is 2.14. The second-order valence-electron chi connectivity index (χ2n) is 4.75. The summed E-state index contributed by atoms with van der Waals surface area (Å²) in [6.07, 6.45) is 1.10. The molecule has 1 unspecified atom stereocenters. The Bertz CT molecular complexity index is 476. The van der Waals surface area contributed by atoms with Crippen LogP contribution < -0.4 is 5.73 Å². The third-order valence-corrected chi connectivity index (χ3v) is 3.94. The first kappa shape index (κ1) is 12.6. The molecule has 0 aliphatic rings. The number of hydrogen-bond donors (Lipinski definition) is 1. The van der Waals surface area contributed by atoms with Gasteiger partial charge in [-0.25, -0.2) is 0 Å². The summed E-state index contributed by atoms with van der Waals surface area (Å²) in [6, 6.07) is 8.87. The molecule has 0 aliphatic carbocycles. The lowest BCUT2D eigenvalue weighted by Gasteiger charge is -2.18. The van der Waals surface area contributed by atoms with E-state index >= 15 is 0 Å². The van der Waals surface area contributed by atoms with Crippen LogP contribution in [0.2, 0.25) is 0 Å². The highest BCUT2D eigenvalue weighted by Gasteiger charge is 2.06. The van der Waals surface area contributed by atoms with Crippen molar-refractivity contribution in [2.75, 3.05) is 20.1 Å². The largest absolute Gasteiger partial charge is 0.327 e. The summed E-state index contributed by atoms with van der Waals surface area (Å²) in [5.41, 5.74) is 7.25. The van der Waals surface area contributed by atoms with Crippen molar-refractivity contribution in [2.24, 2.45) is 5.73 Å². The van der Waals surface area contributed by atoms with Crippen molar-refractivity contribution in [2.45, 2.75) is 19.4 Å². The number of benzene rings is 1. The molecule has 0 amide bonds. The zero-order valence-corrected chi connectivity index (χ0v) is 11.3. The third kappa shape index (κ3) is 3.28. The fraction of sp³-hybridized carbons (Fsp3) is 0.429. The summed E-state index contributed by atoms with van der Waals surface area (Å²) < 4.78 is 1.39. The molecule has 3 heteroatoms. The molecule has 2 nitrogen and oxygen atoms in total. The van der Waals surface area contributed by atoms with Crippen LogP contribution in [0.1, 0.15) is 12.5 Å². The first-order valence-electron chi connectivity index (χ1n) is 6.06. The molecule has 0 saturated heterocycles. The van der Waals surface area contributed by atoms with E-state index in [0.29, 0.717) is 0 Å². The second-order valence-corrected chi connectivity index (χ2v) is 5.66. The molecular formula is C14H20N2S. The van der Waals surface area contributed by atoms with E-state index in [1.807, 2.05) is 11.3 Å². The summed E-state index contributed by atoms with van der Waals surface area (Å²) in [4.78, 5) is 2.30. The van der Waals surface area contributed by atoms with Gasteiger partial charge in [0.1, 0.15) is 0 Å². The Morgan fingerprint density at radius 3 is 2.88 bits per heavy atom. The monoisotopic (exact) mass is 248 g/mol. The molecule has 2 N–H and O–H groups in total. The molecule has 0 fully saturated rings. The number of nitrogens with two attached hydrogens (primary N) is 1. The SMILES string of the molecule is CC(N)CN(C)CCc1csc2ccccc12. The van der Waals surface area contributed by atoms with Crippen molar-refractivity contribution in [1.82, 2.24) is 4.90 Å². The standard InChI is InChI=1S/C14H20N2S/c1-11(15)9-16(2)8-7-12-10-17-14-6-4-3-5-13(12)14/h3-6,10-11H,7-9,15H2,1-2H3. The summed E-state index contributed by atoms with van der Waals surface area (Å²) in [5.74, 6) is 0. The van der Waals surface area contributed by atoms with Crippen LogP contribution in [0.3, 0.4) is 0 Å². The van der Waals surface area contributed by atoms with E-state index < -0.39 is 0 Å². The molecule has 2 aromatic rings. The van der Waals surface area contributed by atoms with Gasteiger partial charge in [-0.15, -0.1) is 11.3 Å². The van der Waals surface area contributed by atoms with E-state index in [-0.39, 0.29) is 6.04 Å². The summed E-state index contributed by atoms with van der Waals surface area (Å²) in [5, 5.41) is 3.69. The van der Waals surface area contributed by atoms with Gasteiger partial charge in [0.2, 0.25) is 0 Å². The lowest BCUT2D eigenvalue weighted by molar-refractivity contribution is 0.321. The Hall–Kier alpha value is -0.900. The topological polar surface area (TPSA) is 29.3 Å². The highest BCUT2D eigenvalue weighted by atomic mass is 32.1. The Labute approximate surface area is 107 Å². The van der Waals surface area contributed by atoms with Gasteiger partial charge >= 0.3 is 0 Å². The number of likely N-dealkylation sites (N-methyl/N-ethyl adjacent to an activating group) is 1. The number of thiophene rings is 1. The van der Waals surface area contributed by atoms with Gasteiger partial charge in [-0.05, 0) is 42.8 Å². The predicted octanol–water partition coefficient (Wildman–Crippen LogP) is 2.72. The summed E-state index contributed by atoms with van der Waals surface area (Å²) >= 11 is 1.84. The van der Waals surface area contributed by atoms with Crippen LogP contribution in [0.25, 0.3) is 10.1 Å². The van der Waals surface area contributed by atoms with Crippen LogP contribution in [0.5, 0.6) is 0 Å². The van der Waals surface area contributed by atoms with Crippen molar-refractivity contribution >= 4 is 21.4 Å². The Kier molecular flexibility index (Phi) is 4.15. The number of fused-ring (bicyclic) bond motifs is 1. The maximum absolute atomic E-state index is 5.79. The van der Waals surface area contributed by atoms with Crippen LogP contribution in [0.15, 0.2) is 29.6 Å². The fourth-order valence-electron chi connectivity index (χ4n) is 2.12. The average Bonchev–Trinajstić information content (AvgIpc) is 2.69. The molecule has 0 bridgehead atoms.